The Bertz CT molecular complexity index is 312. The van der Waals surface area contributed by atoms with Crippen LogP contribution in [0.4, 0.5) is 0 Å². The molecule has 4 N–H and O–H groups in total. The van der Waals surface area contributed by atoms with E-state index in [0.717, 1.165) is 12.8 Å². The lowest BCUT2D eigenvalue weighted by Crippen LogP contribution is -2.50. The van der Waals surface area contributed by atoms with Crippen LogP contribution in [0.25, 0.3) is 0 Å². The first-order valence-electron chi connectivity index (χ1n) is 6.23. The van der Waals surface area contributed by atoms with Crippen LogP contribution in [0.3, 0.4) is 0 Å². The van der Waals surface area contributed by atoms with Crippen LogP contribution in [0.15, 0.2) is 0 Å². The summed E-state index contributed by atoms with van der Waals surface area (Å²) >= 11 is 5.06. The molecule has 6 heteroatoms. The number of amides is 2. The van der Waals surface area contributed by atoms with E-state index in [9.17, 15) is 9.59 Å². The average molecular weight is 273 g/mol. The molecule has 0 aromatic carbocycles. The lowest BCUT2D eigenvalue weighted by Gasteiger charge is -2.30. The summed E-state index contributed by atoms with van der Waals surface area (Å²) in [4.78, 5) is 23.6. The van der Waals surface area contributed by atoms with Gasteiger partial charge in [0.05, 0.1) is 16.9 Å². The summed E-state index contributed by atoms with van der Waals surface area (Å²) in [6.07, 6.45) is 2.83. The van der Waals surface area contributed by atoms with E-state index in [1.165, 1.54) is 7.05 Å². The van der Waals surface area contributed by atoms with Gasteiger partial charge in [0.2, 0.25) is 11.8 Å². The second-order valence-corrected chi connectivity index (χ2v) is 4.74. The number of nitrogens with one attached hydrogen (secondary N) is 2. The van der Waals surface area contributed by atoms with Gasteiger partial charge in [0.15, 0.2) is 0 Å². The predicted molar refractivity (Wildman–Crippen MR) is 76.1 cm³/mol. The van der Waals surface area contributed by atoms with E-state index in [-0.39, 0.29) is 23.3 Å². The number of nitrogens with two attached hydrogens (primary N) is 1. The third-order valence-electron chi connectivity index (χ3n) is 2.95. The van der Waals surface area contributed by atoms with Gasteiger partial charge in [-0.1, -0.05) is 38.9 Å². The molecule has 0 saturated heterocycles. The van der Waals surface area contributed by atoms with Gasteiger partial charge in [-0.25, -0.2) is 0 Å². The molecule has 18 heavy (non-hydrogen) atoms. The van der Waals surface area contributed by atoms with Crippen molar-refractivity contribution >= 4 is 29.0 Å². The van der Waals surface area contributed by atoms with Gasteiger partial charge in [-0.3, -0.25) is 9.59 Å². The normalized spacial score (nSPS) is 10.8. The fourth-order valence-electron chi connectivity index (χ4n) is 1.98. The Hall–Kier alpha value is -1.17. The van der Waals surface area contributed by atoms with E-state index in [2.05, 4.69) is 10.6 Å². The Kier molecular flexibility index (Phi) is 7.50. The van der Waals surface area contributed by atoms with Crippen LogP contribution in [0.2, 0.25) is 0 Å². The van der Waals surface area contributed by atoms with Crippen LogP contribution in [0.5, 0.6) is 0 Å². The monoisotopic (exact) mass is 273 g/mol. The Labute approximate surface area is 114 Å². The molecular weight excluding hydrogens is 250 g/mol. The summed E-state index contributed by atoms with van der Waals surface area (Å²) in [5, 5.41) is 5.05. The van der Waals surface area contributed by atoms with Crippen LogP contribution >= 0.6 is 12.2 Å². The van der Waals surface area contributed by atoms with Crippen molar-refractivity contribution in [1.29, 1.82) is 0 Å². The van der Waals surface area contributed by atoms with Crippen molar-refractivity contribution in [3.8, 4) is 0 Å². The van der Waals surface area contributed by atoms with Crippen molar-refractivity contribution in [2.24, 2.45) is 11.1 Å². The fourth-order valence-corrected chi connectivity index (χ4v) is 2.28. The topological polar surface area (TPSA) is 84.2 Å². The zero-order valence-electron chi connectivity index (χ0n) is 11.3. The quantitative estimate of drug-likeness (QED) is 0.569. The third kappa shape index (κ3) is 4.25. The minimum atomic E-state index is -0.827. The first-order valence-corrected chi connectivity index (χ1v) is 6.64. The number of carbonyl (C=O) groups excluding carboxylic acids is 2. The van der Waals surface area contributed by atoms with Crippen molar-refractivity contribution < 1.29 is 9.59 Å². The molecule has 0 aliphatic carbocycles. The van der Waals surface area contributed by atoms with Crippen molar-refractivity contribution in [2.75, 3.05) is 13.6 Å². The van der Waals surface area contributed by atoms with E-state index >= 15 is 0 Å². The second-order valence-electron chi connectivity index (χ2n) is 4.30. The number of carbonyl (C=O) groups is 2. The highest BCUT2D eigenvalue weighted by Crippen LogP contribution is 2.30. The molecule has 104 valence electrons. The summed E-state index contributed by atoms with van der Waals surface area (Å²) in [6, 6.07) is 0. The minimum Gasteiger partial charge on any atom is -0.392 e. The van der Waals surface area contributed by atoms with Gasteiger partial charge < -0.3 is 16.4 Å². The Morgan fingerprint density at radius 1 is 1.22 bits per heavy atom. The van der Waals surface area contributed by atoms with E-state index in [0.29, 0.717) is 12.8 Å². The maximum absolute atomic E-state index is 12.2. The first-order chi connectivity index (χ1) is 8.44. The number of hydrogen-bond acceptors (Lipinski definition) is 3. The maximum Gasteiger partial charge on any atom is 0.239 e. The predicted octanol–water partition coefficient (Wildman–Crippen LogP) is 0.721. The van der Waals surface area contributed by atoms with Gasteiger partial charge in [-0.15, -0.1) is 0 Å². The van der Waals surface area contributed by atoms with Crippen LogP contribution in [0, 0.1) is 5.41 Å². The molecule has 0 unspecified atom stereocenters. The van der Waals surface area contributed by atoms with Gasteiger partial charge in [0, 0.05) is 7.05 Å². The van der Waals surface area contributed by atoms with Crippen molar-refractivity contribution in [3.63, 3.8) is 0 Å². The van der Waals surface area contributed by atoms with Crippen molar-refractivity contribution in [2.45, 2.75) is 39.5 Å². The Balaban J connectivity index is 4.87. The second kappa shape index (κ2) is 8.02. The standard InChI is InChI=1S/C12H23N3O2S/c1-4-6-12(7-5-2,10(13)18)11(17)15-8-9(16)14-3/h4-8H2,1-3H3,(H2,13,18)(H,14,16)(H,15,17). The largest absolute Gasteiger partial charge is 0.392 e. The molecule has 0 atom stereocenters. The van der Waals surface area contributed by atoms with E-state index in [1.54, 1.807) is 0 Å². The molecule has 0 radical (unpaired) electrons. The maximum atomic E-state index is 12.2. The molecule has 0 saturated carbocycles. The molecule has 0 heterocycles. The van der Waals surface area contributed by atoms with Crippen LogP contribution in [0.1, 0.15) is 39.5 Å². The zero-order chi connectivity index (χ0) is 14.2. The highest BCUT2D eigenvalue weighted by molar-refractivity contribution is 7.80. The van der Waals surface area contributed by atoms with Gasteiger partial charge in [0.1, 0.15) is 0 Å². The number of hydrogen-bond donors (Lipinski definition) is 3. The molecular formula is C12H23N3O2S. The molecule has 0 rings (SSSR count). The van der Waals surface area contributed by atoms with E-state index in [4.69, 9.17) is 18.0 Å². The van der Waals surface area contributed by atoms with Crippen molar-refractivity contribution in [3.05, 3.63) is 0 Å². The van der Waals surface area contributed by atoms with Gasteiger partial charge >= 0.3 is 0 Å². The van der Waals surface area contributed by atoms with Crippen molar-refractivity contribution in [1.82, 2.24) is 10.6 Å². The van der Waals surface area contributed by atoms with E-state index in [1.807, 2.05) is 13.8 Å². The fraction of sp³-hybridized carbons (Fsp3) is 0.750. The molecule has 0 bridgehead atoms. The first kappa shape index (κ1) is 16.8. The number of rotatable bonds is 8. The summed E-state index contributed by atoms with van der Waals surface area (Å²) in [7, 11) is 1.52. The lowest BCUT2D eigenvalue weighted by atomic mass is 9.78. The smallest absolute Gasteiger partial charge is 0.239 e. The highest BCUT2D eigenvalue weighted by Gasteiger charge is 2.39. The molecule has 0 aromatic rings. The molecule has 0 fully saturated rings. The van der Waals surface area contributed by atoms with Crippen LogP contribution in [-0.4, -0.2) is 30.4 Å². The number of thiocarbonyl (C=S) groups is 1. The highest BCUT2D eigenvalue weighted by atomic mass is 32.1. The third-order valence-corrected chi connectivity index (χ3v) is 3.34. The summed E-state index contributed by atoms with van der Waals surface area (Å²) in [5.74, 6) is -0.490. The van der Waals surface area contributed by atoms with Gasteiger partial charge in [-0.2, -0.15) is 0 Å². The summed E-state index contributed by atoms with van der Waals surface area (Å²) < 4.78 is 0. The molecule has 0 aliphatic rings. The molecule has 2 amide bonds. The SMILES string of the molecule is CCCC(CCC)(C(=O)NCC(=O)NC)C(N)=S. The minimum absolute atomic E-state index is 0.0485. The van der Waals surface area contributed by atoms with Gasteiger partial charge in [-0.05, 0) is 12.8 Å². The molecule has 0 spiro atoms. The van der Waals surface area contributed by atoms with Crippen LogP contribution < -0.4 is 16.4 Å². The molecule has 0 aromatic heterocycles. The number of likely N-dealkylation sites (N-methyl/N-ethyl adjacent to an activating group) is 1. The van der Waals surface area contributed by atoms with E-state index < -0.39 is 5.41 Å². The van der Waals surface area contributed by atoms with Gasteiger partial charge in [0.25, 0.3) is 0 Å². The molecule has 5 nitrogen and oxygen atoms in total. The Morgan fingerprint density at radius 2 is 1.72 bits per heavy atom. The average Bonchev–Trinajstić information content (AvgIpc) is 2.34. The summed E-state index contributed by atoms with van der Waals surface area (Å²) in [5.41, 5.74) is 4.93. The molecule has 0 aliphatic heterocycles. The van der Waals surface area contributed by atoms with Crippen LogP contribution in [-0.2, 0) is 9.59 Å². The lowest BCUT2D eigenvalue weighted by molar-refractivity contribution is -0.130. The zero-order valence-corrected chi connectivity index (χ0v) is 12.2. The Morgan fingerprint density at radius 3 is 2.06 bits per heavy atom. The summed E-state index contributed by atoms with van der Waals surface area (Å²) in [6.45, 7) is 3.91.